The van der Waals surface area contributed by atoms with Gasteiger partial charge in [0.15, 0.2) is 10.8 Å². The van der Waals surface area contributed by atoms with Crippen molar-refractivity contribution in [1.82, 2.24) is 14.8 Å². The van der Waals surface area contributed by atoms with Crippen LogP contribution >= 0.6 is 11.3 Å². The number of fused-ring (bicyclic) bond motifs is 1. The van der Waals surface area contributed by atoms with Crippen molar-refractivity contribution >= 4 is 32.6 Å². The number of amides is 1. The molecular weight excluding hydrogens is 312 g/mol. The number of thiazole rings is 1. The third kappa shape index (κ3) is 3.34. The maximum atomic E-state index is 12.3. The standard InChI is InChI=1S/C16H18N4O2S/c1-4-22-11-5-6-12-14(9-11)23-16(17-12)18-15(21)13-7-8-20(19-13)10(2)3/h5-10H,4H2,1-3H3,(H,17,18,21). The molecule has 6 nitrogen and oxygen atoms in total. The zero-order valence-corrected chi connectivity index (χ0v) is 14.1. The number of nitrogens with zero attached hydrogens (tertiary/aromatic N) is 3. The molecule has 2 aromatic heterocycles. The lowest BCUT2D eigenvalue weighted by Crippen LogP contribution is -2.13. The van der Waals surface area contributed by atoms with Gasteiger partial charge in [0.2, 0.25) is 0 Å². The maximum absolute atomic E-state index is 12.3. The van der Waals surface area contributed by atoms with Gasteiger partial charge >= 0.3 is 0 Å². The fourth-order valence-corrected chi connectivity index (χ4v) is 3.01. The number of benzene rings is 1. The van der Waals surface area contributed by atoms with Crippen molar-refractivity contribution < 1.29 is 9.53 Å². The Kier molecular flexibility index (Phi) is 4.29. The first-order valence-corrected chi connectivity index (χ1v) is 8.28. The van der Waals surface area contributed by atoms with Crippen LogP contribution in [-0.4, -0.2) is 27.3 Å². The van der Waals surface area contributed by atoms with E-state index in [1.165, 1.54) is 11.3 Å². The second kappa shape index (κ2) is 6.37. The van der Waals surface area contributed by atoms with Crippen LogP contribution in [0.3, 0.4) is 0 Å². The van der Waals surface area contributed by atoms with E-state index in [1.807, 2.05) is 39.0 Å². The first-order chi connectivity index (χ1) is 11.1. The third-order valence-corrected chi connectivity index (χ3v) is 4.20. The summed E-state index contributed by atoms with van der Waals surface area (Å²) in [4.78, 5) is 16.7. The summed E-state index contributed by atoms with van der Waals surface area (Å²) < 4.78 is 8.20. The Balaban J connectivity index is 1.78. The molecule has 1 N–H and O–H groups in total. The van der Waals surface area contributed by atoms with Crippen molar-refractivity contribution in [1.29, 1.82) is 0 Å². The molecule has 2 heterocycles. The summed E-state index contributed by atoms with van der Waals surface area (Å²) in [6, 6.07) is 7.62. The van der Waals surface area contributed by atoms with Crippen molar-refractivity contribution in [2.24, 2.45) is 0 Å². The van der Waals surface area contributed by atoms with Gasteiger partial charge in [-0.25, -0.2) is 4.98 Å². The molecule has 0 fully saturated rings. The summed E-state index contributed by atoms with van der Waals surface area (Å²) in [6.07, 6.45) is 1.80. The molecule has 3 aromatic rings. The van der Waals surface area contributed by atoms with Crippen molar-refractivity contribution in [2.75, 3.05) is 11.9 Å². The molecule has 0 atom stereocenters. The van der Waals surface area contributed by atoms with E-state index in [0.29, 0.717) is 17.4 Å². The first-order valence-electron chi connectivity index (χ1n) is 7.46. The molecule has 0 bridgehead atoms. The molecular formula is C16H18N4O2S. The van der Waals surface area contributed by atoms with Gasteiger partial charge in [0, 0.05) is 12.2 Å². The number of rotatable bonds is 5. The van der Waals surface area contributed by atoms with Crippen LogP contribution < -0.4 is 10.1 Å². The lowest BCUT2D eigenvalue weighted by molar-refractivity contribution is 0.102. The lowest BCUT2D eigenvalue weighted by Gasteiger charge is -2.03. The average molecular weight is 330 g/mol. The molecule has 1 amide bonds. The summed E-state index contributed by atoms with van der Waals surface area (Å²) in [5.41, 5.74) is 1.22. The molecule has 1 aromatic carbocycles. The third-order valence-electron chi connectivity index (χ3n) is 3.26. The van der Waals surface area contributed by atoms with Crippen LogP contribution in [0.25, 0.3) is 10.2 Å². The summed E-state index contributed by atoms with van der Waals surface area (Å²) in [7, 11) is 0. The summed E-state index contributed by atoms with van der Waals surface area (Å²) in [5.74, 6) is 0.547. The minimum absolute atomic E-state index is 0.219. The minimum Gasteiger partial charge on any atom is -0.494 e. The Hall–Kier alpha value is -2.41. The fourth-order valence-electron chi connectivity index (χ4n) is 2.12. The lowest BCUT2D eigenvalue weighted by atomic mass is 10.3. The van der Waals surface area contributed by atoms with Gasteiger partial charge in [-0.3, -0.25) is 14.8 Å². The number of nitrogens with one attached hydrogen (secondary N) is 1. The molecule has 0 aliphatic carbocycles. The van der Waals surface area contributed by atoms with Crippen LogP contribution in [0.1, 0.15) is 37.3 Å². The van der Waals surface area contributed by atoms with E-state index in [-0.39, 0.29) is 11.9 Å². The Morgan fingerprint density at radius 2 is 2.22 bits per heavy atom. The van der Waals surface area contributed by atoms with Crippen molar-refractivity contribution in [3.05, 3.63) is 36.2 Å². The minimum atomic E-state index is -0.256. The normalized spacial score (nSPS) is 11.1. The highest BCUT2D eigenvalue weighted by molar-refractivity contribution is 7.22. The van der Waals surface area contributed by atoms with Crippen LogP contribution in [-0.2, 0) is 0 Å². The number of hydrogen-bond acceptors (Lipinski definition) is 5. The molecule has 0 saturated heterocycles. The van der Waals surface area contributed by atoms with Crippen LogP contribution in [0.5, 0.6) is 5.75 Å². The van der Waals surface area contributed by atoms with Gasteiger partial charge in [-0.2, -0.15) is 5.10 Å². The molecule has 0 radical (unpaired) electrons. The monoisotopic (exact) mass is 330 g/mol. The predicted molar refractivity (Wildman–Crippen MR) is 91.4 cm³/mol. The Morgan fingerprint density at radius 1 is 1.39 bits per heavy atom. The Bertz CT molecular complexity index is 838. The van der Waals surface area contributed by atoms with Crippen molar-refractivity contribution in [3.8, 4) is 5.75 Å². The zero-order chi connectivity index (χ0) is 16.4. The van der Waals surface area contributed by atoms with Crippen LogP contribution in [0.15, 0.2) is 30.5 Å². The number of hydrogen-bond donors (Lipinski definition) is 1. The number of aromatic nitrogens is 3. The summed E-state index contributed by atoms with van der Waals surface area (Å²) >= 11 is 1.42. The topological polar surface area (TPSA) is 69.0 Å². The smallest absolute Gasteiger partial charge is 0.277 e. The molecule has 0 spiro atoms. The summed E-state index contributed by atoms with van der Waals surface area (Å²) in [6.45, 7) is 6.58. The van der Waals surface area contributed by atoms with Gasteiger partial charge in [0.1, 0.15) is 5.75 Å². The highest BCUT2D eigenvalue weighted by Crippen LogP contribution is 2.29. The molecule has 7 heteroatoms. The first kappa shape index (κ1) is 15.5. The van der Waals surface area contributed by atoms with Crippen molar-refractivity contribution in [3.63, 3.8) is 0 Å². The molecule has 0 aliphatic heterocycles. The Labute approximate surface area is 138 Å². The molecule has 0 aliphatic rings. The molecule has 3 rings (SSSR count). The highest BCUT2D eigenvalue weighted by Gasteiger charge is 2.13. The Morgan fingerprint density at radius 3 is 2.91 bits per heavy atom. The number of ether oxygens (including phenoxy) is 1. The van der Waals surface area contributed by atoms with Gasteiger partial charge in [-0.15, -0.1) is 0 Å². The van der Waals surface area contributed by atoms with Crippen LogP contribution in [0, 0.1) is 0 Å². The highest BCUT2D eigenvalue weighted by atomic mass is 32.1. The van der Waals surface area contributed by atoms with Gasteiger partial charge in [0.05, 0.1) is 16.8 Å². The maximum Gasteiger partial charge on any atom is 0.277 e. The van der Waals surface area contributed by atoms with Gasteiger partial charge < -0.3 is 4.74 Å². The predicted octanol–water partition coefficient (Wildman–Crippen LogP) is 3.72. The largest absolute Gasteiger partial charge is 0.494 e. The SMILES string of the molecule is CCOc1ccc2nc(NC(=O)c3ccn(C(C)C)n3)sc2c1. The van der Waals surface area contributed by atoms with Gasteiger partial charge in [0.25, 0.3) is 5.91 Å². The van der Waals surface area contributed by atoms with Crippen LogP contribution in [0.4, 0.5) is 5.13 Å². The molecule has 23 heavy (non-hydrogen) atoms. The molecule has 0 saturated carbocycles. The second-order valence-corrected chi connectivity index (χ2v) is 6.34. The molecule has 0 unspecified atom stereocenters. The van der Waals surface area contributed by atoms with Crippen molar-refractivity contribution in [2.45, 2.75) is 26.8 Å². The van der Waals surface area contributed by atoms with E-state index in [4.69, 9.17) is 4.74 Å². The summed E-state index contributed by atoms with van der Waals surface area (Å²) in [5, 5.41) is 7.62. The van der Waals surface area contributed by atoms with E-state index in [2.05, 4.69) is 15.4 Å². The average Bonchev–Trinajstić information content (AvgIpc) is 3.13. The quantitative estimate of drug-likeness (QED) is 0.774. The van der Waals surface area contributed by atoms with Gasteiger partial charge in [-0.05, 0) is 45.0 Å². The van der Waals surface area contributed by atoms with E-state index in [9.17, 15) is 4.79 Å². The van der Waals surface area contributed by atoms with E-state index in [1.54, 1.807) is 16.9 Å². The number of carbonyl (C=O) groups is 1. The fraction of sp³-hybridized carbons (Fsp3) is 0.312. The van der Waals surface area contributed by atoms with Gasteiger partial charge in [-0.1, -0.05) is 11.3 Å². The number of carbonyl (C=O) groups excluding carboxylic acids is 1. The second-order valence-electron chi connectivity index (χ2n) is 5.31. The number of anilines is 1. The van der Waals surface area contributed by atoms with E-state index in [0.717, 1.165) is 16.0 Å². The van der Waals surface area contributed by atoms with E-state index < -0.39 is 0 Å². The molecule has 120 valence electrons. The van der Waals surface area contributed by atoms with Crippen LogP contribution in [0.2, 0.25) is 0 Å². The van der Waals surface area contributed by atoms with E-state index >= 15 is 0 Å². The zero-order valence-electron chi connectivity index (χ0n) is 13.2.